The first kappa shape index (κ1) is 17.1. The molecular formula is C21H22O4. The predicted molar refractivity (Wildman–Crippen MR) is 98.9 cm³/mol. The summed E-state index contributed by atoms with van der Waals surface area (Å²) >= 11 is 0. The second-order valence-corrected chi connectivity index (χ2v) is 6.21. The molecule has 2 aromatic carbocycles. The van der Waals surface area contributed by atoms with Crippen LogP contribution in [0, 0.1) is 13.8 Å². The van der Waals surface area contributed by atoms with Gasteiger partial charge in [-0.3, -0.25) is 4.79 Å². The second-order valence-electron chi connectivity index (χ2n) is 6.21. The number of aryl methyl sites for hydroxylation is 2. The first-order valence-electron chi connectivity index (χ1n) is 8.51. The van der Waals surface area contributed by atoms with Crippen LogP contribution in [-0.4, -0.2) is 6.61 Å². The first-order chi connectivity index (χ1) is 12.1. The fraction of sp³-hybridized carbons (Fsp3) is 0.286. The normalized spacial score (nSPS) is 10.8. The van der Waals surface area contributed by atoms with Crippen LogP contribution in [0.4, 0.5) is 0 Å². The van der Waals surface area contributed by atoms with Gasteiger partial charge in [-0.2, -0.15) is 0 Å². The molecule has 0 saturated heterocycles. The van der Waals surface area contributed by atoms with Crippen molar-refractivity contribution in [3.05, 3.63) is 64.0 Å². The highest BCUT2D eigenvalue weighted by Crippen LogP contribution is 2.25. The van der Waals surface area contributed by atoms with Crippen molar-refractivity contribution in [1.82, 2.24) is 0 Å². The Morgan fingerprint density at radius 1 is 1.00 bits per heavy atom. The van der Waals surface area contributed by atoms with Gasteiger partial charge in [0.1, 0.15) is 23.3 Å². The van der Waals surface area contributed by atoms with Gasteiger partial charge in [-0.05, 0) is 55.7 Å². The van der Waals surface area contributed by atoms with Crippen molar-refractivity contribution in [3.8, 4) is 17.2 Å². The van der Waals surface area contributed by atoms with Crippen molar-refractivity contribution in [2.75, 3.05) is 6.61 Å². The van der Waals surface area contributed by atoms with Crippen LogP contribution in [0.1, 0.15) is 30.9 Å². The maximum Gasteiger partial charge on any atom is 0.235 e. The number of benzene rings is 2. The van der Waals surface area contributed by atoms with Gasteiger partial charge in [0, 0.05) is 6.07 Å². The minimum Gasteiger partial charge on any atom is -0.493 e. The fourth-order valence-corrected chi connectivity index (χ4v) is 2.70. The van der Waals surface area contributed by atoms with Crippen molar-refractivity contribution in [2.24, 2.45) is 0 Å². The lowest BCUT2D eigenvalue weighted by molar-refractivity contribution is 0.309. The lowest BCUT2D eigenvalue weighted by Crippen LogP contribution is -2.05. The largest absolute Gasteiger partial charge is 0.493 e. The quantitative estimate of drug-likeness (QED) is 0.566. The van der Waals surface area contributed by atoms with Gasteiger partial charge in [0.2, 0.25) is 11.2 Å². The molecule has 4 nitrogen and oxygen atoms in total. The van der Waals surface area contributed by atoms with Crippen LogP contribution < -0.4 is 14.9 Å². The predicted octanol–water partition coefficient (Wildman–Crippen LogP) is 5.38. The summed E-state index contributed by atoms with van der Waals surface area (Å²) in [5.74, 6) is 1.51. The average Bonchev–Trinajstić information content (AvgIpc) is 2.57. The zero-order chi connectivity index (χ0) is 17.8. The van der Waals surface area contributed by atoms with Crippen molar-refractivity contribution in [3.63, 3.8) is 0 Å². The Morgan fingerprint density at radius 2 is 1.76 bits per heavy atom. The molecule has 1 heterocycles. The van der Waals surface area contributed by atoms with E-state index in [0.717, 1.165) is 24.0 Å². The standard InChI is InChI=1S/C21H22O4/c1-4-5-8-23-16-6-7-18-19(12-16)24-13-20(21(18)22)25-17-10-14(2)9-15(3)11-17/h6-7,9-13H,4-5,8H2,1-3H3. The number of rotatable bonds is 6. The number of fused-ring (bicyclic) bond motifs is 1. The molecule has 0 atom stereocenters. The highest BCUT2D eigenvalue weighted by molar-refractivity contribution is 5.79. The molecular weight excluding hydrogens is 316 g/mol. The van der Waals surface area contributed by atoms with E-state index in [4.69, 9.17) is 13.9 Å². The second kappa shape index (κ2) is 7.43. The molecule has 0 spiro atoms. The van der Waals surface area contributed by atoms with Crippen molar-refractivity contribution in [2.45, 2.75) is 33.6 Å². The molecule has 3 aromatic rings. The molecule has 0 amide bonds. The van der Waals surface area contributed by atoms with E-state index < -0.39 is 0 Å². The Bertz CT molecular complexity index is 920. The Kier molecular flexibility index (Phi) is 5.08. The molecule has 0 N–H and O–H groups in total. The summed E-state index contributed by atoms with van der Waals surface area (Å²) in [4.78, 5) is 12.6. The molecule has 1 aromatic heterocycles. The maximum atomic E-state index is 12.6. The van der Waals surface area contributed by atoms with Gasteiger partial charge in [0.15, 0.2) is 0 Å². The average molecular weight is 338 g/mol. The molecule has 0 fully saturated rings. The molecule has 0 radical (unpaired) electrons. The van der Waals surface area contributed by atoms with Gasteiger partial charge in [0.25, 0.3) is 0 Å². The number of ether oxygens (including phenoxy) is 2. The number of hydrogen-bond donors (Lipinski definition) is 0. The Labute approximate surface area is 147 Å². The Hall–Kier alpha value is -2.75. The van der Waals surface area contributed by atoms with E-state index >= 15 is 0 Å². The number of unbranched alkanes of at least 4 members (excludes halogenated alkanes) is 1. The molecule has 0 bridgehead atoms. The molecule has 0 saturated carbocycles. The molecule has 4 heteroatoms. The maximum absolute atomic E-state index is 12.6. The van der Waals surface area contributed by atoms with Crippen molar-refractivity contribution < 1.29 is 13.9 Å². The molecule has 0 aliphatic heterocycles. The third-order valence-electron chi connectivity index (χ3n) is 3.90. The van der Waals surface area contributed by atoms with E-state index in [0.29, 0.717) is 29.1 Å². The van der Waals surface area contributed by atoms with Gasteiger partial charge >= 0.3 is 0 Å². The van der Waals surface area contributed by atoms with Crippen LogP contribution in [0.3, 0.4) is 0 Å². The lowest BCUT2D eigenvalue weighted by atomic mass is 10.1. The zero-order valence-electron chi connectivity index (χ0n) is 14.8. The van der Waals surface area contributed by atoms with Gasteiger partial charge in [-0.25, -0.2) is 0 Å². The fourth-order valence-electron chi connectivity index (χ4n) is 2.70. The highest BCUT2D eigenvalue weighted by Gasteiger charge is 2.10. The smallest absolute Gasteiger partial charge is 0.235 e. The van der Waals surface area contributed by atoms with Crippen LogP contribution in [0.5, 0.6) is 17.2 Å². The van der Waals surface area contributed by atoms with E-state index in [-0.39, 0.29) is 11.2 Å². The van der Waals surface area contributed by atoms with Crippen molar-refractivity contribution >= 4 is 11.0 Å². The minimum absolute atomic E-state index is 0.178. The molecule has 25 heavy (non-hydrogen) atoms. The summed E-state index contributed by atoms with van der Waals surface area (Å²) in [5.41, 5.74) is 2.45. The first-order valence-corrected chi connectivity index (χ1v) is 8.51. The summed E-state index contributed by atoms with van der Waals surface area (Å²) in [5, 5.41) is 0.477. The summed E-state index contributed by atoms with van der Waals surface area (Å²) in [7, 11) is 0. The van der Waals surface area contributed by atoms with Gasteiger partial charge in [-0.15, -0.1) is 0 Å². The third kappa shape index (κ3) is 4.02. The van der Waals surface area contributed by atoms with Gasteiger partial charge in [-0.1, -0.05) is 19.4 Å². The molecule has 0 unspecified atom stereocenters. The number of hydrogen-bond acceptors (Lipinski definition) is 4. The minimum atomic E-state index is -0.194. The van der Waals surface area contributed by atoms with Gasteiger partial charge in [0.05, 0.1) is 12.0 Å². The van der Waals surface area contributed by atoms with Crippen LogP contribution in [0.15, 0.2) is 51.9 Å². The zero-order valence-corrected chi connectivity index (χ0v) is 14.8. The topological polar surface area (TPSA) is 48.7 Å². The summed E-state index contributed by atoms with van der Waals surface area (Å²) in [6.45, 7) is 6.74. The van der Waals surface area contributed by atoms with Crippen molar-refractivity contribution in [1.29, 1.82) is 0 Å². The molecule has 0 aliphatic carbocycles. The monoisotopic (exact) mass is 338 g/mol. The van der Waals surface area contributed by atoms with E-state index in [2.05, 4.69) is 13.0 Å². The van der Waals surface area contributed by atoms with E-state index in [1.54, 1.807) is 18.2 Å². The highest BCUT2D eigenvalue weighted by atomic mass is 16.5. The van der Waals surface area contributed by atoms with Crippen LogP contribution in [-0.2, 0) is 0 Å². The SMILES string of the molecule is CCCCOc1ccc2c(=O)c(Oc3cc(C)cc(C)c3)coc2c1. The van der Waals surface area contributed by atoms with Crippen LogP contribution in [0.2, 0.25) is 0 Å². The summed E-state index contributed by atoms with van der Waals surface area (Å²) in [6, 6.07) is 11.1. The summed E-state index contributed by atoms with van der Waals surface area (Å²) in [6.07, 6.45) is 3.42. The molecule has 0 aliphatic rings. The Morgan fingerprint density at radius 3 is 2.48 bits per heavy atom. The molecule has 3 rings (SSSR count). The third-order valence-corrected chi connectivity index (χ3v) is 3.90. The van der Waals surface area contributed by atoms with Crippen LogP contribution in [0.25, 0.3) is 11.0 Å². The van der Waals surface area contributed by atoms with E-state index in [9.17, 15) is 4.79 Å². The molecule has 130 valence electrons. The van der Waals surface area contributed by atoms with Crippen LogP contribution >= 0.6 is 0 Å². The van der Waals surface area contributed by atoms with Gasteiger partial charge < -0.3 is 13.9 Å². The summed E-state index contributed by atoms with van der Waals surface area (Å²) < 4.78 is 17.0. The van der Waals surface area contributed by atoms with E-state index in [1.807, 2.05) is 26.0 Å². The lowest BCUT2D eigenvalue weighted by Gasteiger charge is -2.09. The van der Waals surface area contributed by atoms with E-state index in [1.165, 1.54) is 6.26 Å². The Balaban J connectivity index is 1.89.